The molecule has 6 heteroatoms. The minimum atomic E-state index is -0.895. The maximum absolute atomic E-state index is 11.7. The molecule has 0 saturated carbocycles. The largest absolute Gasteiger partial charge is 0.481 e. The van der Waals surface area contributed by atoms with E-state index in [9.17, 15) is 9.59 Å². The number of ether oxygens (including phenoxy) is 1. The summed E-state index contributed by atoms with van der Waals surface area (Å²) in [4.78, 5) is 22.4. The van der Waals surface area contributed by atoms with Crippen molar-refractivity contribution in [2.45, 2.75) is 31.8 Å². The number of benzene rings is 1. The van der Waals surface area contributed by atoms with Crippen molar-refractivity contribution in [1.82, 2.24) is 5.32 Å². The summed E-state index contributed by atoms with van der Waals surface area (Å²) in [6.45, 7) is 1.37. The lowest BCUT2D eigenvalue weighted by Crippen LogP contribution is -2.31. The van der Waals surface area contributed by atoms with Crippen LogP contribution >= 0.6 is 0 Å². The van der Waals surface area contributed by atoms with Crippen LogP contribution in [0.4, 0.5) is 10.5 Å². The molecule has 114 valence electrons. The van der Waals surface area contributed by atoms with Gasteiger partial charge < -0.3 is 20.5 Å². The molecule has 1 fully saturated rings. The zero-order chi connectivity index (χ0) is 15.1. The molecule has 0 aromatic heterocycles. The average Bonchev–Trinajstić information content (AvgIpc) is 2.91. The van der Waals surface area contributed by atoms with Gasteiger partial charge in [0.2, 0.25) is 0 Å². The van der Waals surface area contributed by atoms with Crippen LogP contribution in [0.2, 0.25) is 0 Å². The van der Waals surface area contributed by atoms with E-state index in [0.29, 0.717) is 17.8 Å². The predicted molar refractivity (Wildman–Crippen MR) is 78.4 cm³/mol. The number of aliphatic carboxylic acids is 1. The van der Waals surface area contributed by atoms with Crippen molar-refractivity contribution in [3.63, 3.8) is 0 Å². The summed E-state index contributed by atoms with van der Waals surface area (Å²) in [5, 5.41) is 14.2. The van der Waals surface area contributed by atoms with E-state index in [2.05, 4.69) is 10.6 Å². The van der Waals surface area contributed by atoms with Gasteiger partial charge in [-0.25, -0.2) is 4.79 Å². The Morgan fingerprint density at radius 3 is 2.95 bits per heavy atom. The van der Waals surface area contributed by atoms with Gasteiger partial charge in [-0.05, 0) is 37.0 Å². The fourth-order valence-corrected chi connectivity index (χ4v) is 2.33. The van der Waals surface area contributed by atoms with Crippen LogP contribution in [0.5, 0.6) is 0 Å². The van der Waals surface area contributed by atoms with E-state index in [1.807, 2.05) is 0 Å². The zero-order valence-electron chi connectivity index (χ0n) is 11.8. The van der Waals surface area contributed by atoms with Crippen molar-refractivity contribution in [2.24, 2.45) is 0 Å². The molecule has 0 spiro atoms. The third-order valence-electron chi connectivity index (χ3n) is 3.32. The number of hydrogen-bond donors (Lipinski definition) is 3. The quantitative estimate of drug-likeness (QED) is 0.748. The topological polar surface area (TPSA) is 87.7 Å². The Morgan fingerprint density at radius 1 is 1.38 bits per heavy atom. The molecule has 1 aliphatic heterocycles. The number of carbonyl (C=O) groups is 2. The molecule has 1 aromatic carbocycles. The summed E-state index contributed by atoms with van der Waals surface area (Å²) in [5.41, 5.74) is 1.24. The van der Waals surface area contributed by atoms with Crippen LogP contribution in [-0.2, 0) is 16.0 Å². The van der Waals surface area contributed by atoms with Gasteiger partial charge in [0.15, 0.2) is 0 Å². The second kappa shape index (κ2) is 7.64. The van der Waals surface area contributed by atoms with Gasteiger partial charge in [-0.15, -0.1) is 0 Å². The standard InChI is InChI=1S/C15H20N2O4/c18-14(19)10-11-3-1-4-12(9-11)17-15(20)16-7-6-13-5-2-8-21-13/h1,3-4,9,13H,2,5-8,10H2,(H,18,19)(H2,16,17,20). The zero-order valence-corrected chi connectivity index (χ0v) is 11.8. The molecule has 0 radical (unpaired) electrons. The van der Waals surface area contributed by atoms with E-state index in [0.717, 1.165) is 25.9 Å². The summed E-state index contributed by atoms with van der Waals surface area (Å²) in [5.74, 6) is -0.895. The van der Waals surface area contributed by atoms with Crippen molar-refractivity contribution in [3.8, 4) is 0 Å². The molecule has 0 bridgehead atoms. The first-order chi connectivity index (χ1) is 10.1. The summed E-state index contributed by atoms with van der Waals surface area (Å²) in [6, 6.07) is 6.54. The Kier molecular flexibility index (Phi) is 5.57. The summed E-state index contributed by atoms with van der Waals surface area (Å²) in [6.07, 6.45) is 3.15. The van der Waals surface area contributed by atoms with Crippen molar-refractivity contribution in [3.05, 3.63) is 29.8 Å². The van der Waals surface area contributed by atoms with Gasteiger partial charge in [0.25, 0.3) is 0 Å². The van der Waals surface area contributed by atoms with E-state index < -0.39 is 5.97 Å². The van der Waals surface area contributed by atoms with Gasteiger partial charge in [-0.2, -0.15) is 0 Å². The highest BCUT2D eigenvalue weighted by molar-refractivity contribution is 5.89. The van der Waals surface area contributed by atoms with Crippen molar-refractivity contribution < 1.29 is 19.4 Å². The van der Waals surface area contributed by atoms with E-state index in [1.165, 1.54) is 0 Å². The molecule has 2 amide bonds. The van der Waals surface area contributed by atoms with Crippen LogP contribution in [0, 0.1) is 0 Å². The van der Waals surface area contributed by atoms with E-state index in [-0.39, 0.29) is 18.6 Å². The van der Waals surface area contributed by atoms with Gasteiger partial charge in [-0.3, -0.25) is 4.79 Å². The fourth-order valence-electron chi connectivity index (χ4n) is 2.33. The number of carbonyl (C=O) groups excluding carboxylic acids is 1. The van der Waals surface area contributed by atoms with Gasteiger partial charge in [-0.1, -0.05) is 12.1 Å². The Morgan fingerprint density at radius 2 is 2.24 bits per heavy atom. The lowest BCUT2D eigenvalue weighted by Gasteiger charge is -2.11. The smallest absolute Gasteiger partial charge is 0.319 e. The summed E-state index contributed by atoms with van der Waals surface area (Å²) < 4.78 is 5.48. The molecule has 21 heavy (non-hydrogen) atoms. The highest BCUT2D eigenvalue weighted by Crippen LogP contribution is 2.14. The highest BCUT2D eigenvalue weighted by atomic mass is 16.5. The first-order valence-electron chi connectivity index (χ1n) is 7.10. The molecular weight excluding hydrogens is 272 g/mol. The molecule has 6 nitrogen and oxygen atoms in total. The van der Waals surface area contributed by atoms with Crippen molar-refractivity contribution in [1.29, 1.82) is 0 Å². The average molecular weight is 292 g/mol. The number of anilines is 1. The lowest BCUT2D eigenvalue weighted by atomic mass is 10.1. The molecule has 1 saturated heterocycles. The number of hydrogen-bond acceptors (Lipinski definition) is 3. The Hall–Kier alpha value is -2.08. The maximum atomic E-state index is 11.7. The maximum Gasteiger partial charge on any atom is 0.319 e. The number of amides is 2. The van der Waals surface area contributed by atoms with Crippen LogP contribution in [-0.4, -0.2) is 36.4 Å². The number of carboxylic acids is 1. The normalized spacial score (nSPS) is 17.4. The number of nitrogens with one attached hydrogen (secondary N) is 2. The van der Waals surface area contributed by atoms with Crippen LogP contribution in [0.3, 0.4) is 0 Å². The second-order valence-electron chi connectivity index (χ2n) is 5.08. The number of rotatable bonds is 6. The third-order valence-corrected chi connectivity index (χ3v) is 3.32. The molecule has 0 aliphatic carbocycles. The van der Waals surface area contributed by atoms with Gasteiger partial charge in [0, 0.05) is 18.8 Å². The third kappa shape index (κ3) is 5.43. The molecule has 2 rings (SSSR count). The van der Waals surface area contributed by atoms with Gasteiger partial charge >= 0.3 is 12.0 Å². The molecular formula is C15H20N2O4. The van der Waals surface area contributed by atoms with Crippen LogP contribution < -0.4 is 10.6 Å². The minimum absolute atomic E-state index is 0.0594. The molecule has 1 aromatic rings. The number of carboxylic acid groups (broad SMARTS) is 1. The van der Waals surface area contributed by atoms with E-state index in [1.54, 1.807) is 24.3 Å². The molecule has 1 atom stereocenters. The fraction of sp³-hybridized carbons (Fsp3) is 0.467. The Labute approximate surface area is 123 Å². The molecule has 1 heterocycles. The second-order valence-corrected chi connectivity index (χ2v) is 5.08. The SMILES string of the molecule is O=C(O)Cc1cccc(NC(=O)NCCC2CCCO2)c1. The number of urea groups is 1. The first-order valence-corrected chi connectivity index (χ1v) is 7.10. The highest BCUT2D eigenvalue weighted by Gasteiger charge is 2.15. The van der Waals surface area contributed by atoms with Crippen LogP contribution in [0.15, 0.2) is 24.3 Å². The van der Waals surface area contributed by atoms with E-state index >= 15 is 0 Å². The molecule has 1 aliphatic rings. The molecule has 3 N–H and O–H groups in total. The van der Waals surface area contributed by atoms with Crippen LogP contribution in [0.1, 0.15) is 24.8 Å². The lowest BCUT2D eigenvalue weighted by molar-refractivity contribution is -0.136. The molecule has 1 unspecified atom stereocenters. The summed E-state index contributed by atoms with van der Waals surface area (Å²) in [7, 11) is 0. The van der Waals surface area contributed by atoms with Crippen LogP contribution in [0.25, 0.3) is 0 Å². The van der Waals surface area contributed by atoms with E-state index in [4.69, 9.17) is 9.84 Å². The van der Waals surface area contributed by atoms with Gasteiger partial charge in [0.05, 0.1) is 12.5 Å². The summed E-state index contributed by atoms with van der Waals surface area (Å²) >= 11 is 0. The Balaban J connectivity index is 1.75. The monoisotopic (exact) mass is 292 g/mol. The van der Waals surface area contributed by atoms with Crippen molar-refractivity contribution >= 4 is 17.7 Å². The van der Waals surface area contributed by atoms with Gasteiger partial charge in [0.1, 0.15) is 0 Å². The Bertz CT molecular complexity index is 498. The first kappa shape index (κ1) is 15.3. The van der Waals surface area contributed by atoms with Crippen molar-refractivity contribution in [2.75, 3.05) is 18.5 Å². The minimum Gasteiger partial charge on any atom is -0.481 e. The predicted octanol–water partition coefficient (Wildman–Crippen LogP) is 2.00.